The van der Waals surface area contributed by atoms with Gasteiger partial charge in [0.25, 0.3) is 0 Å². The number of hydrazine groups is 1. The van der Waals surface area contributed by atoms with Gasteiger partial charge in [-0.25, -0.2) is 5.84 Å². The average Bonchev–Trinajstić information content (AvgIpc) is 1.89. The van der Waals surface area contributed by atoms with Gasteiger partial charge in [0.05, 0.1) is 0 Å². The summed E-state index contributed by atoms with van der Waals surface area (Å²) in [5, 5.41) is 0. The Bertz CT molecular complexity index is 87.8. The number of rotatable bonds is 4. The average molecular weight is 167 g/mol. The topological polar surface area (TPSA) is 55.1 Å². The first-order valence-corrected chi connectivity index (χ1v) is 3.30. The molecule has 4 heteroatoms. The van der Waals surface area contributed by atoms with E-state index in [0.717, 1.165) is 19.3 Å². The summed E-state index contributed by atoms with van der Waals surface area (Å²) in [7, 11) is 0. The van der Waals surface area contributed by atoms with Gasteiger partial charge in [0.1, 0.15) is 0 Å². The lowest BCUT2D eigenvalue weighted by molar-refractivity contribution is -0.121. The Balaban J connectivity index is 0. The minimum atomic E-state index is -0.0662. The molecule has 3 N–H and O–H groups in total. The molecule has 1 amide bonds. The van der Waals surface area contributed by atoms with Gasteiger partial charge in [0.2, 0.25) is 5.91 Å². The Morgan fingerprint density at radius 3 is 2.50 bits per heavy atom. The van der Waals surface area contributed by atoms with E-state index in [2.05, 4.69) is 12.3 Å². The van der Waals surface area contributed by atoms with Crippen molar-refractivity contribution in [2.75, 3.05) is 0 Å². The Morgan fingerprint density at radius 1 is 1.50 bits per heavy atom. The van der Waals surface area contributed by atoms with Crippen LogP contribution in [0.25, 0.3) is 0 Å². The highest BCUT2D eigenvalue weighted by Gasteiger charge is 1.94. The largest absolute Gasteiger partial charge is 0.294 e. The second-order valence-electron chi connectivity index (χ2n) is 2.02. The maximum atomic E-state index is 10.5. The molecule has 0 radical (unpaired) electrons. The molecule has 0 aliphatic carbocycles. The summed E-state index contributed by atoms with van der Waals surface area (Å²) in [6.45, 7) is 2.10. The molecule has 0 saturated heterocycles. The highest BCUT2D eigenvalue weighted by molar-refractivity contribution is 5.85. The Labute approximate surface area is 67.7 Å². The summed E-state index contributed by atoms with van der Waals surface area (Å²) >= 11 is 0. The highest BCUT2D eigenvalue weighted by Crippen LogP contribution is 1.97. The van der Waals surface area contributed by atoms with Gasteiger partial charge >= 0.3 is 0 Å². The van der Waals surface area contributed by atoms with Crippen LogP contribution in [0.3, 0.4) is 0 Å². The van der Waals surface area contributed by atoms with Gasteiger partial charge in [-0.05, 0) is 6.42 Å². The summed E-state index contributed by atoms with van der Waals surface area (Å²) in [5.41, 5.74) is 2.08. The zero-order valence-corrected chi connectivity index (χ0v) is 7.04. The highest BCUT2D eigenvalue weighted by atomic mass is 35.5. The molecular formula is C6H15ClN2O. The van der Waals surface area contributed by atoms with E-state index >= 15 is 0 Å². The number of nitrogens with one attached hydrogen (secondary N) is 1. The molecule has 0 fully saturated rings. The van der Waals surface area contributed by atoms with Crippen molar-refractivity contribution in [1.29, 1.82) is 0 Å². The summed E-state index contributed by atoms with van der Waals surface area (Å²) < 4.78 is 0. The van der Waals surface area contributed by atoms with Crippen molar-refractivity contribution in [3.8, 4) is 0 Å². The van der Waals surface area contributed by atoms with Crippen molar-refractivity contribution in [3.63, 3.8) is 0 Å². The van der Waals surface area contributed by atoms with E-state index in [1.807, 2.05) is 0 Å². The van der Waals surface area contributed by atoms with E-state index in [0.29, 0.717) is 6.42 Å². The molecule has 0 aromatic rings. The van der Waals surface area contributed by atoms with Gasteiger partial charge in [-0.15, -0.1) is 12.4 Å². The van der Waals surface area contributed by atoms with Crippen LogP contribution in [-0.2, 0) is 4.79 Å². The van der Waals surface area contributed by atoms with E-state index in [4.69, 9.17) is 5.84 Å². The maximum absolute atomic E-state index is 10.5. The number of nitrogens with two attached hydrogens (primary N) is 1. The summed E-state index contributed by atoms with van der Waals surface area (Å²) in [5.74, 6) is 4.79. The lowest BCUT2D eigenvalue weighted by Crippen LogP contribution is -2.29. The number of hydrogen-bond donors (Lipinski definition) is 2. The molecule has 0 spiro atoms. The van der Waals surface area contributed by atoms with Crippen LogP contribution in [0.4, 0.5) is 0 Å². The van der Waals surface area contributed by atoms with Gasteiger partial charge in [0, 0.05) is 6.42 Å². The van der Waals surface area contributed by atoms with Crippen LogP contribution >= 0.6 is 12.4 Å². The van der Waals surface area contributed by atoms with Gasteiger partial charge < -0.3 is 0 Å². The second-order valence-corrected chi connectivity index (χ2v) is 2.02. The van der Waals surface area contributed by atoms with Crippen molar-refractivity contribution in [1.82, 2.24) is 5.43 Å². The van der Waals surface area contributed by atoms with Crippen LogP contribution in [0, 0.1) is 0 Å². The van der Waals surface area contributed by atoms with Crippen LogP contribution in [-0.4, -0.2) is 5.91 Å². The minimum Gasteiger partial charge on any atom is -0.294 e. The molecule has 0 aromatic heterocycles. The fourth-order valence-corrected chi connectivity index (χ4v) is 0.608. The molecule has 0 bridgehead atoms. The molecule has 10 heavy (non-hydrogen) atoms. The van der Waals surface area contributed by atoms with E-state index in [1.54, 1.807) is 0 Å². The third kappa shape index (κ3) is 7.72. The normalized spacial score (nSPS) is 8.20. The molecular weight excluding hydrogens is 152 g/mol. The monoisotopic (exact) mass is 166 g/mol. The van der Waals surface area contributed by atoms with Crippen molar-refractivity contribution < 1.29 is 4.79 Å². The van der Waals surface area contributed by atoms with Crippen molar-refractivity contribution in [2.24, 2.45) is 5.84 Å². The number of carbonyl (C=O) groups excluding carboxylic acids is 1. The van der Waals surface area contributed by atoms with E-state index in [-0.39, 0.29) is 18.3 Å². The quantitative estimate of drug-likeness (QED) is 0.283. The number of hydrogen-bond acceptors (Lipinski definition) is 2. The first kappa shape index (κ1) is 12.4. The van der Waals surface area contributed by atoms with Gasteiger partial charge in [-0.3, -0.25) is 10.2 Å². The Morgan fingerprint density at radius 2 is 2.10 bits per heavy atom. The molecule has 0 unspecified atom stereocenters. The lowest BCUT2D eigenvalue weighted by Gasteiger charge is -1.95. The molecule has 3 nitrogen and oxygen atoms in total. The number of carbonyl (C=O) groups is 1. The molecule has 0 rings (SSSR count). The van der Waals surface area contributed by atoms with Crippen LogP contribution in [0.5, 0.6) is 0 Å². The minimum absolute atomic E-state index is 0. The molecule has 0 heterocycles. The van der Waals surface area contributed by atoms with Gasteiger partial charge in [0.15, 0.2) is 0 Å². The fourth-order valence-electron chi connectivity index (χ4n) is 0.608. The summed E-state index contributed by atoms with van der Waals surface area (Å²) in [6.07, 6.45) is 3.75. The van der Waals surface area contributed by atoms with Crippen molar-refractivity contribution >= 4 is 18.3 Å². The van der Waals surface area contributed by atoms with E-state index in [1.165, 1.54) is 0 Å². The molecule has 0 atom stereocenters. The Kier molecular flexibility index (Phi) is 10.8. The second kappa shape index (κ2) is 8.72. The third-order valence-electron chi connectivity index (χ3n) is 1.17. The first-order valence-electron chi connectivity index (χ1n) is 3.30. The van der Waals surface area contributed by atoms with Gasteiger partial charge in [-0.2, -0.15) is 0 Å². The smallest absolute Gasteiger partial charge is 0.233 e. The first-order chi connectivity index (χ1) is 4.31. The zero-order chi connectivity index (χ0) is 7.11. The van der Waals surface area contributed by atoms with Crippen molar-refractivity contribution in [3.05, 3.63) is 0 Å². The van der Waals surface area contributed by atoms with Crippen LogP contribution in [0.2, 0.25) is 0 Å². The molecule has 0 saturated carbocycles. The van der Waals surface area contributed by atoms with Crippen molar-refractivity contribution in [2.45, 2.75) is 32.6 Å². The zero-order valence-electron chi connectivity index (χ0n) is 6.22. The van der Waals surface area contributed by atoms with Crippen LogP contribution < -0.4 is 11.3 Å². The van der Waals surface area contributed by atoms with E-state index in [9.17, 15) is 4.79 Å². The van der Waals surface area contributed by atoms with Crippen LogP contribution in [0.1, 0.15) is 32.6 Å². The predicted molar refractivity (Wildman–Crippen MR) is 43.7 cm³/mol. The number of halogens is 1. The molecule has 0 aliphatic rings. The summed E-state index contributed by atoms with van der Waals surface area (Å²) in [6, 6.07) is 0. The summed E-state index contributed by atoms with van der Waals surface area (Å²) in [4.78, 5) is 10.5. The van der Waals surface area contributed by atoms with E-state index < -0.39 is 0 Å². The SMILES string of the molecule is CCCCCC(=O)NN.Cl. The molecule has 62 valence electrons. The predicted octanol–water partition coefficient (Wildman–Crippen LogP) is 0.978. The Hall–Kier alpha value is -0.280. The van der Waals surface area contributed by atoms with Gasteiger partial charge in [-0.1, -0.05) is 19.8 Å². The van der Waals surface area contributed by atoms with Crippen LogP contribution in [0.15, 0.2) is 0 Å². The number of unbranched alkanes of at least 4 members (excludes halogenated alkanes) is 2. The molecule has 0 aliphatic heterocycles. The molecule has 0 aromatic carbocycles. The third-order valence-corrected chi connectivity index (χ3v) is 1.17. The maximum Gasteiger partial charge on any atom is 0.233 e. The lowest BCUT2D eigenvalue weighted by atomic mass is 10.2. The fraction of sp³-hybridized carbons (Fsp3) is 0.833. The standard InChI is InChI=1S/C6H14N2O.ClH/c1-2-3-4-5-6(9)8-7;/h2-5,7H2,1H3,(H,8,9);1H. The number of amides is 1.